The lowest BCUT2D eigenvalue weighted by Gasteiger charge is -2.49. The van der Waals surface area contributed by atoms with Gasteiger partial charge in [-0.3, -0.25) is 9.48 Å². The standard InChI is InChI=1S/C19H20ClN7O/c20-16-4-2-15(3-5-16)10-19(11-26(12-19)18-23-6-1-7-24-18)17(28)22-8-9-27-14-21-13-25-27/h1-7,13-14H,8-12H2,(H,22,28). The fraction of sp³-hybridized carbons (Fsp3) is 0.316. The van der Waals surface area contributed by atoms with Crippen molar-refractivity contribution in [2.75, 3.05) is 24.5 Å². The van der Waals surface area contributed by atoms with Crippen molar-refractivity contribution in [1.82, 2.24) is 30.0 Å². The van der Waals surface area contributed by atoms with Gasteiger partial charge in [0.05, 0.1) is 12.0 Å². The van der Waals surface area contributed by atoms with Gasteiger partial charge in [-0.1, -0.05) is 23.7 Å². The summed E-state index contributed by atoms with van der Waals surface area (Å²) in [4.78, 5) is 27.6. The fourth-order valence-electron chi connectivity index (χ4n) is 3.43. The fourth-order valence-corrected chi connectivity index (χ4v) is 3.55. The minimum Gasteiger partial charge on any atom is -0.354 e. The van der Waals surface area contributed by atoms with Crippen LogP contribution >= 0.6 is 11.6 Å². The summed E-state index contributed by atoms with van der Waals surface area (Å²) in [5.74, 6) is 0.666. The van der Waals surface area contributed by atoms with Crippen LogP contribution in [0.3, 0.4) is 0 Å². The molecule has 1 aliphatic rings. The van der Waals surface area contributed by atoms with E-state index in [4.69, 9.17) is 11.6 Å². The third-order valence-electron chi connectivity index (χ3n) is 4.85. The average Bonchev–Trinajstić information content (AvgIpc) is 3.20. The van der Waals surface area contributed by atoms with Crippen LogP contribution in [0.4, 0.5) is 5.95 Å². The Labute approximate surface area is 167 Å². The highest BCUT2D eigenvalue weighted by Gasteiger charge is 2.50. The number of rotatable bonds is 7. The maximum absolute atomic E-state index is 13.1. The van der Waals surface area contributed by atoms with E-state index in [0.29, 0.717) is 43.6 Å². The van der Waals surface area contributed by atoms with Crippen molar-refractivity contribution in [2.24, 2.45) is 5.41 Å². The summed E-state index contributed by atoms with van der Waals surface area (Å²) < 4.78 is 1.69. The first-order valence-electron chi connectivity index (χ1n) is 9.02. The third-order valence-corrected chi connectivity index (χ3v) is 5.10. The lowest BCUT2D eigenvalue weighted by Crippen LogP contribution is -2.65. The molecule has 1 aromatic carbocycles. The van der Waals surface area contributed by atoms with Gasteiger partial charge in [0.15, 0.2) is 0 Å². The van der Waals surface area contributed by atoms with Crippen molar-refractivity contribution in [3.8, 4) is 0 Å². The molecule has 1 saturated heterocycles. The van der Waals surface area contributed by atoms with Gasteiger partial charge in [0, 0.05) is 37.1 Å². The second kappa shape index (κ2) is 7.93. The molecule has 0 spiro atoms. The first kappa shape index (κ1) is 18.4. The monoisotopic (exact) mass is 397 g/mol. The molecular formula is C19H20ClN7O. The number of halogens is 1. The molecule has 1 amide bonds. The second-order valence-electron chi connectivity index (χ2n) is 6.90. The minimum atomic E-state index is -0.532. The van der Waals surface area contributed by atoms with Crippen LogP contribution in [0.1, 0.15) is 5.56 Å². The van der Waals surface area contributed by atoms with Crippen molar-refractivity contribution >= 4 is 23.5 Å². The Bertz CT molecular complexity index is 909. The van der Waals surface area contributed by atoms with E-state index in [2.05, 4.69) is 25.4 Å². The number of aromatic nitrogens is 5. The first-order valence-corrected chi connectivity index (χ1v) is 9.40. The molecule has 1 aliphatic heterocycles. The molecule has 1 fully saturated rings. The van der Waals surface area contributed by atoms with E-state index in [1.807, 2.05) is 29.2 Å². The van der Waals surface area contributed by atoms with Crippen molar-refractivity contribution in [2.45, 2.75) is 13.0 Å². The number of hydrogen-bond donors (Lipinski definition) is 1. The van der Waals surface area contributed by atoms with Gasteiger partial charge in [0.25, 0.3) is 0 Å². The lowest BCUT2D eigenvalue weighted by atomic mass is 9.74. The van der Waals surface area contributed by atoms with Gasteiger partial charge in [0.1, 0.15) is 12.7 Å². The van der Waals surface area contributed by atoms with Gasteiger partial charge in [-0.05, 0) is 30.2 Å². The largest absolute Gasteiger partial charge is 0.354 e. The van der Waals surface area contributed by atoms with E-state index in [9.17, 15) is 4.79 Å². The number of benzene rings is 1. The van der Waals surface area contributed by atoms with Gasteiger partial charge in [0.2, 0.25) is 11.9 Å². The van der Waals surface area contributed by atoms with Crippen LogP contribution in [0.5, 0.6) is 0 Å². The molecule has 0 radical (unpaired) electrons. The molecule has 0 bridgehead atoms. The Balaban J connectivity index is 1.45. The number of hydrogen-bond acceptors (Lipinski definition) is 6. The zero-order chi connectivity index (χ0) is 19.4. The predicted octanol–water partition coefficient (Wildman–Crippen LogP) is 1.59. The molecule has 3 aromatic rings. The number of anilines is 1. The third kappa shape index (κ3) is 3.96. The SMILES string of the molecule is O=C(NCCn1cncn1)C1(Cc2ccc(Cl)cc2)CN(c2ncccn2)C1. The molecule has 144 valence electrons. The molecule has 28 heavy (non-hydrogen) atoms. The van der Waals surface area contributed by atoms with Crippen LogP contribution in [0.2, 0.25) is 5.02 Å². The van der Waals surface area contributed by atoms with Gasteiger partial charge in [-0.2, -0.15) is 5.10 Å². The maximum atomic E-state index is 13.1. The maximum Gasteiger partial charge on any atom is 0.230 e. The molecule has 2 aromatic heterocycles. The molecule has 9 heteroatoms. The molecule has 8 nitrogen and oxygen atoms in total. The van der Waals surface area contributed by atoms with E-state index < -0.39 is 5.41 Å². The van der Waals surface area contributed by atoms with E-state index in [1.165, 1.54) is 6.33 Å². The average molecular weight is 398 g/mol. The van der Waals surface area contributed by atoms with Crippen LogP contribution in [-0.4, -0.2) is 50.3 Å². The first-order chi connectivity index (χ1) is 13.6. The highest BCUT2D eigenvalue weighted by Crippen LogP contribution is 2.36. The van der Waals surface area contributed by atoms with Crippen molar-refractivity contribution in [3.05, 3.63) is 66.0 Å². The molecule has 0 saturated carbocycles. The Kier molecular flexibility index (Phi) is 5.21. The summed E-state index contributed by atoms with van der Waals surface area (Å²) in [6, 6.07) is 9.41. The normalized spacial score (nSPS) is 15.1. The van der Waals surface area contributed by atoms with Gasteiger partial charge < -0.3 is 10.2 Å². The number of carbonyl (C=O) groups is 1. The number of carbonyl (C=O) groups excluding carboxylic acids is 1. The van der Waals surface area contributed by atoms with Crippen molar-refractivity contribution < 1.29 is 4.79 Å². The summed E-state index contributed by atoms with van der Waals surface area (Å²) in [5.41, 5.74) is 0.541. The second-order valence-corrected chi connectivity index (χ2v) is 7.34. The summed E-state index contributed by atoms with van der Waals surface area (Å²) in [5, 5.41) is 7.78. The van der Waals surface area contributed by atoms with E-state index in [-0.39, 0.29) is 5.91 Å². The topological polar surface area (TPSA) is 88.8 Å². The van der Waals surface area contributed by atoms with Crippen LogP contribution < -0.4 is 10.2 Å². The van der Waals surface area contributed by atoms with Gasteiger partial charge in [-0.15, -0.1) is 0 Å². The summed E-state index contributed by atoms with van der Waals surface area (Å²) in [6.45, 7) is 2.20. The van der Waals surface area contributed by atoms with Gasteiger partial charge in [-0.25, -0.2) is 15.0 Å². The highest BCUT2D eigenvalue weighted by atomic mass is 35.5. The predicted molar refractivity (Wildman–Crippen MR) is 105 cm³/mol. The quantitative estimate of drug-likeness (QED) is 0.651. The van der Waals surface area contributed by atoms with Crippen LogP contribution in [0, 0.1) is 5.41 Å². The van der Waals surface area contributed by atoms with E-state index >= 15 is 0 Å². The zero-order valence-electron chi connectivity index (χ0n) is 15.2. The highest BCUT2D eigenvalue weighted by molar-refractivity contribution is 6.30. The Morgan fingerprint density at radius 3 is 2.61 bits per heavy atom. The van der Waals surface area contributed by atoms with E-state index in [0.717, 1.165) is 5.56 Å². The summed E-state index contributed by atoms with van der Waals surface area (Å²) in [7, 11) is 0. The Morgan fingerprint density at radius 1 is 1.18 bits per heavy atom. The molecule has 0 unspecified atom stereocenters. The van der Waals surface area contributed by atoms with Crippen LogP contribution in [0.25, 0.3) is 0 Å². The molecule has 3 heterocycles. The van der Waals surface area contributed by atoms with Crippen LogP contribution in [-0.2, 0) is 17.8 Å². The zero-order valence-corrected chi connectivity index (χ0v) is 16.0. The molecule has 0 aliphatic carbocycles. The molecule has 0 atom stereocenters. The summed E-state index contributed by atoms with van der Waals surface area (Å²) in [6.07, 6.45) is 7.16. The van der Waals surface area contributed by atoms with Gasteiger partial charge >= 0.3 is 0 Å². The molecular weight excluding hydrogens is 378 g/mol. The Hall–Kier alpha value is -3.00. The summed E-state index contributed by atoms with van der Waals surface area (Å²) >= 11 is 6.00. The lowest BCUT2D eigenvalue weighted by molar-refractivity contribution is -0.132. The van der Waals surface area contributed by atoms with Crippen molar-refractivity contribution in [1.29, 1.82) is 0 Å². The smallest absolute Gasteiger partial charge is 0.230 e. The molecule has 4 rings (SSSR count). The van der Waals surface area contributed by atoms with Crippen molar-refractivity contribution in [3.63, 3.8) is 0 Å². The number of nitrogens with one attached hydrogen (secondary N) is 1. The van der Waals surface area contributed by atoms with Crippen LogP contribution in [0.15, 0.2) is 55.4 Å². The number of nitrogens with zero attached hydrogens (tertiary/aromatic N) is 6. The Morgan fingerprint density at radius 2 is 1.93 bits per heavy atom. The number of amides is 1. The van der Waals surface area contributed by atoms with E-state index in [1.54, 1.807) is 29.5 Å². The minimum absolute atomic E-state index is 0.0229. The molecule has 1 N–H and O–H groups in total.